The van der Waals surface area contributed by atoms with Gasteiger partial charge in [-0.3, -0.25) is 9.69 Å². The molecule has 1 aromatic carbocycles. The van der Waals surface area contributed by atoms with Crippen molar-refractivity contribution in [2.24, 2.45) is 0 Å². The van der Waals surface area contributed by atoms with Gasteiger partial charge in [0.15, 0.2) is 0 Å². The highest BCUT2D eigenvalue weighted by molar-refractivity contribution is 6.30. The molecule has 2 heterocycles. The zero-order valence-electron chi connectivity index (χ0n) is 15.1. The van der Waals surface area contributed by atoms with Crippen molar-refractivity contribution in [1.82, 2.24) is 20.0 Å². The Kier molecular flexibility index (Phi) is 6.74. The molecule has 0 aliphatic carbocycles. The number of likely N-dealkylation sites (tertiary alicyclic amines) is 1. The maximum atomic E-state index is 12.3. The predicted molar refractivity (Wildman–Crippen MR) is 102 cm³/mol. The second-order valence-electron chi connectivity index (χ2n) is 6.96. The van der Waals surface area contributed by atoms with Crippen molar-refractivity contribution in [2.45, 2.75) is 25.8 Å². The maximum absolute atomic E-state index is 12.3. The Labute approximate surface area is 160 Å². The van der Waals surface area contributed by atoms with Gasteiger partial charge in [0.05, 0.1) is 0 Å². The number of piperazine rings is 1. The van der Waals surface area contributed by atoms with Gasteiger partial charge < -0.3 is 15.1 Å². The third kappa shape index (κ3) is 5.35. The average Bonchev–Trinajstić information content (AvgIpc) is 3.04. The summed E-state index contributed by atoms with van der Waals surface area (Å²) >= 11 is 6.04. The van der Waals surface area contributed by atoms with E-state index in [2.05, 4.69) is 16.3 Å². The van der Waals surface area contributed by atoms with Gasteiger partial charge in [0, 0.05) is 63.8 Å². The molecule has 0 radical (unpaired) electrons. The molecule has 3 amide bonds. The van der Waals surface area contributed by atoms with Crippen LogP contribution in [0.25, 0.3) is 0 Å². The zero-order valence-corrected chi connectivity index (χ0v) is 15.9. The fraction of sp³-hybridized carbons (Fsp3) is 0.579. The van der Waals surface area contributed by atoms with Gasteiger partial charge in [-0.15, -0.1) is 0 Å². The highest BCUT2D eigenvalue weighted by Crippen LogP contribution is 2.14. The number of benzene rings is 1. The summed E-state index contributed by atoms with van der Waals surface area (Å²) in [4.78, 5) is 29.9. The van der Waals surface area contributed by atoms with Crippen molar-refractivity contribution in [3.63, 3.8) is 0 Å². The van der Waals surface area contributed by atoms with Gasteiger partial charge in [0.1, 0.15) is 0 Å². The molecule has 142 valence electrons. The summed E-state index contributed by atoms with van der Waals surface area (Å²) < 4.78 is 0. The van der Waals surface area contributed by atoms with Crippen LogP contribution in [0.3, 0.4) is 0 Å². The molecule has 3 rings (SSSR count). The van der Waals surface area contributed by atoms with E-state index in [1.165, 1.54) is 5.56 Å². The van der Waals surface area contributed by atoms with Crippen LogP contribution in [0, 0.1) is 0 Å². The van der Waals surface area contributed by atoms with E-state index in [1.807, 2.05) is 28.0 Å². The van der Waals surface area contributed by atoms with Crippen molar-refractivity contribution >= 4 is 23.5 Å². The quantitative estimate of drug-likeness (QED) is 0.772. The molecule has 2 aliphatic heterocycles. The Morgan fingerprint density at radius 2 is 1.96 bits per heavy atom. The number of amides is 3. The molecular weight excluding hydrogens is 352 g/mol. The van der Waals surface area contributed by atoms with Gasteiger partial charge in [-0.2, -0.15) is 0 Å². The normalized spacial score (nSPS) is 18.4. The molecule has 0 saturated carbocycles. The molecule has 0 atom stereocenters. The Balaban J connectivity index is 1.32. The van der Waals surface area contributed by atoms with Crippen LogP contribution in [0.5, 0.6) is 0 Å². The second-order valence-corrected chi connectivity index (χ2v) is 7.40. The van der Waals surface area contributed by atoms with Gasteiger partial charge in [-0.05, 0) is 30.5 Å². The largest absolute Gasteiger partial charge is 0.343 e. The molecule has 0 bridgehead atoms. The highest BCUT2D eigenvalue weighted by atomic mass is 35.5. The molecule has 0 unspecified atom stereocenters. The van der Waals surface area contributed by atoms with Crippen LogP contribution in [0.1, 0.15) is 24.8 Å². The molecule has 0 spiro atoms. The van der Waals surface area contributed by atoms with Crippen molar-refractivity contribution in [3.05, 3.63) is 34.9 Å². The number of carbonyl (C=O) groups excluding carboxylic acids is 2. The minimum Gasteiger partial charge on any atom is -0.343 e. The fourth-order valence-electron chi connectivity index (χ4n) is 3.52. The van der Waals surface area contributed by atoms with Gasteiger partial charge in [0.25, 0.3) is 0 Å². The molecule has 6 nitrogen and oxygen atoms in total. The van der Waals surface area contributed by atoms with E-state index in [-0.39, 0.29) is 11.9 Å². The zero-order chi connectivity index (χ0) is 18.4. The number of urea groups is 1. The molecule has 0 aromatic heterocycles. The lowest BCUT2D eigenvalue weighted by Crippen LogP contribution is -2.51. The Morgan fingerprint density at radius 1 is 1.15 bits per heavy atom. The number of halogens is 1. The standard InChI is InChI=1S/C19H27ClN4O2/c20-17-5-1-4-16(14-17)15-22-10-12-24(13-11-22)19(26)21-7-3-9-23-8-2-6-18(23)25/h1,4-5,14H,2-3,6-13,15H2,(H,21,26). The van der Waals surface area contributed by atoms with Crippen LogP contribution < -0.4 is 5.32 Å². The van der Waals surface area contributed by atoms with E-state index >= 15 is 0 Å². The van der Waals surface area contributed by atoms with Gasteiger partial charge in [-0.1, -0.05) is 23.7 Å². The lowest BCUT2D eigenvalue weighted by Gasteiger charge is -2.34. The van der Waals surface area contributed by atoms with E-state index < -0.39 is 0 Å². The molecule has 7 heteroatoms. The lowest BCUT2D eigenvalue weighted by molar-refractivity contribution is -0.127. The van der Waals surface area contributed by atoms with E-state index in [9.17, 15) is 9.59 Å². The summed E-state index contributed by atoms with van der Waals surface area (Å²) in [6.07, 6.45) is 2.45. The third-order valence-electron chi connectivity index (χ3n) is 5.01. The van der Waals surface area contributed by atoms with Crippen LogP contribution in [-0.4, -0.2) is 72.5 Å². The summed E-state index contributed by atoms with van der Waals surface area (Å²) in [5, 5.41) is 3.74. The lowest BCUT2D eigenvalue weighted by atomic mass is 10.2. The number of rotatable bonds is 6. The fourth-order valence-corrected chi connectivity index (χ4v) is 3.73. The molecule has 2 saturated heterocycles. The summed E-state index contributed by atoms with van der Waals surface area (Å²) in [6, 6.07) is 7.92. The maximum Gasteiger partial charge on any atom is 0.317 e. The van der Waals surface area contributed by atoms with E-state index in [4.69, 9.17) is 11.6 Å². The van der Waals surface area contributed by atoms with Crippen LogP contribution in [0.15, 0.2) is 24.3 Å². The number of hydrogen-bond acceptors (Lipinski definition) is 3. The molecule has 26 heavy (non-hydrogen) atoms. The van der Waals surface area contributed by atoms with Gasteiger partial charge in [0.2, 0.25) is 5.91 Å². The summed E-state index contributed by atoms with van der Waals surface area (Å²) in [6.45, 7) is 6.28. The van der Waals surface area contributed by atoms with Crippen LogP contribution >= 0.6 is 11.6 Å². The molecule has 2 fully saturated rings. The van der Waals surface area contributed by atoms with Crippen LogP contribution in [0.2, 0.25) is 5.02 Å². The molecule has 1 aromatic rings. The smallest absolute Gasteiger partial charge is 0.317 e. The highest BCUT2D eigenvalue weighted by Gasteiger charge is 2.22. The summed E-state index contributed by atoms with van der Waals surface area (Å²) in [5.41, 5.74) is 1.20. The van der Waals surface area contributed by atoms with Crippen molar-refractivity contribution < 1.29 is 9.59 Å². The number of nitrogens with zero attached hydrogens (tertiary/aromatic N) is 3. The minimum absolute atomic E-state index is 0.000143. The van der Waals surface area contributed by atoms with Gasteiger partial charge in [-0.25, -0.2) is 4.79 Å². The molecule has 2 aliphatic rings. The Bertz CT molecular complexity index is 632. The SMILES string of the molecule is O=C1CCCN1CCCNC(=O)N1CCN(Cc2cccc(Cl)c2)CC1. The first-order valence-corrected chi connectivity index (χ1v) is 9.77. The Hall–Kier alpha value is -1.79. The number of nitrogens with one attached hydrogen (secondary N) is 1. The second kappa shape index (κ2) is 9.24. The third-order valence-corrected chi connectivity index (χ3v) is 5.24. The monoisotopic (exact) mass is 378 g/mol. The first-order valence-electron chi connectivity index (χ1n) is 9.39. The predicted octanol–water partition coefficient (Wildman–Crippen LogP) is 2.18. The summed E-state index contributed by atoms with van der Waals surface area (Å²) in [7, 11) is 0. The minimum atomic E-state index is 0.000143. The van der Waals surface area contributed by atoms with Crippen LogP contribution in [-0.2, 0) is 11.3 Å². The van der Waals surface area contributed by atoms with Crippen molar-refractivity contribution in [2.75, 3.05) is 45.8 Å². The topological polar surface area (TPSA) is 55.9 Å². The van der Waals surface area contributed by atoms with E-state index in [1.54, 1.807) is 0 Å². The van der Waals surface area contributed by atoms with E-state index in [0.29, 0.717) is 13.0 Å². The van der Waals surface area contributed by atoms with Crippen molar-refractivity contribution in [1.29, 1.82) is 0 Å². The average molecular weight is 379 g/mol. The first kappa shape index (κ1) is 19.0. The van der Waals surface area contributed by atoms with Crippen LogP contribution in [0.4, 0.5) is 4.79 Å². The first-order chi connectivity index (χ1) is 12.6. The number of carbonyl (C=O) groups is 2. The molecule has 1 N–H and O–H groups in total. The molecular formula is C19H27ClN4O2. The Morgan fingerprint density at radius 3 is 2.65 bits per heavy atom. The summed E-state index contributed by atoms with van der Waals surface area (Å²) in [5.74, 6) is 0.243. The van der Waals surface area contributed by atoms with E-state index in [0.717, 1.165) is 63.7 Å². The van der Waals surface area contributed by atoms with Crippen molar-refractivity contribution in [3.8, 4) is 0 Å². The van der Waals surface area contributed by atoms with Gasteiger partial charge >= 0.3 is 6.03 Å². The number of hydrogen-bond donors (Lipinski definition) is 1.